The van der Waals surface area contributed by atoms with Gasteiger partial charge in [-0.25, -0.2) is 0 Å². The van der Waals surface area contributed by atoms with Crippen LogP contribution in [0.1, 0.15) is 24.8 Å². The second kappa shape index (κ2) is 7.57. The van der Waals surface area contributed by atoms with Gasteiger partial charge in [0.15, 0.2) is 0 Å². The maximum absolute atomic E-state index is 12.6. The maximum atomic E-state index is 12.6. The molecule has 27 heavy (non-hydrogen) atoms. The first-order valence-electron chi connectivity index (χ1n) is 9.20. The van der Waals surface area contributed by atoms with Crippen LogP contribution in [0.25, 0.3) is 10.9 Å². The Morgan fingerprint density at radius 2 is 1.96 bits per heavy atom. The normalized spacial score (nSPS) is 14.7. The lowest BCUT2D eigenvalue weighted by Crippen LogP contribution is -2.35. The van der Waals surface area contributed by atoms with E-state index in [0.717, 1.165) is 41.5 Å². The first kappa shape index (κ1) is 17.8. The summed E-state index contributed by atoms with van der Waals surface area (Å²) in [7, 11) is 0. The van der Waals surface area contributed by atoms with Crippen molar-refractivity contribution in [2.24, 2.45) is 0 Å². The van der Waals surface area contributed by atoms with Crippen molar-refractivity contribution in [3.05, 3.63) is 71.4 Å². The number of nitrogens with zero attached hydrogens (tertiary/aromatic N) is 1. The molecule has 3 aromatic rings. The SMILES string of the molecule is O=C(NCCCOc1cccc2cccnc12)C1(c2cccc(Cl)c2)CC1. The van der Waals surface area contributed by atoms with Crippen molar-refractivity contribution in [1.29, 1.82) is 0 Å². The van der Waals surface area contributed by atoms with E-state index in [1.54, 1.807) is 6.20 Å². The van der Waals surface area contributed by atoms with E-state index in [2.05, 4.69) is 10.3 Å². The standard InChI is InChI=1S/C22H21ClN2O2/c23-18-8-2-7-17(15-18)22(10-11-22)21(26)25-13-4-14-27-19-9-1-5-16-6-3-12-24-20(16)19/h1-3,5-9,12,15H,4,10-11,13-14H2,(H,25,26). The Morgan fingerprint density at radius 3 is 2.78 bits per heavy atom. The van der Waals surface area contributed by atoms with Crippen molar-refractivity contribution in [3.63, 3.8) is 0 Å². The summed E-state index contributed by atoms with van der Waals surface area (Å²) in [6.07, 6.45) is 4.25. The predicted molar refractivity (Wildman–Crippen MR) is 107 cm³/mol. The molecule has 0 aliphatic heterocycles. The summed E-state index contributed by atoms with van der Waals surface area (Å²) in [5.74, 6) is 0.855. The molecule has 1 aliphatic rings. The highest BCUT2D eigenvalue weighted by atomic mass is 35.5. The quantitative estimate of drug-likeness (QED) is 0.614. The molecule has 0 bridgehead atoms. The highest BCUT2D eigenvalue weighted by molar-refractivity contribution is 6.30. The molecule has 138 valence electrons. The number of hydrogen-bond donors (Lipinski definition) is 1. The number of hydrogen-bond acceptors (Lipinski definition) is 3. The second-order valence-electron chi connectivity index (χ2n) is 6.88. The van der Waals surface area contributed by atoms with E-state index in [9.17, 15) is 4.79 Å². The molecular weight excluding hydrogens is 360 g/mol. The summed E-state index contributed by atoms with van der Waals surface area (Å²) in [5, 5.41) is 4.78. The third-order valence-corrected chi connectivity index (χ3v) is 5.26. The molecule has 1 aromatic heterocycles. The zero-order chi connectivity index (χ0) is 18.7. The molecule has 4 rings (SSSR count). The van der Waals surface area contributed by atoms with E-state index in [4.69, 9.17) is 16.3 Å². The molecule has 0 saturated heterocycles. The van der Waals surface area contributed by atoms with Crippen LogP contribution in [-0.2, 0) is 10.2 Å². The molecule has 1 fully saturated rings. The third kappa shape index (κ3) is 3.76. The largest absolute Gasteiger partial charge is 0.491 e. The minimum atomic E-state index is -0.398. The summed E-state index contributed by atoms with van der Waals surface area (Å²) in [6, 6.07) is 17.4. The smallest absolute Gasteiger partial charge is 0.230 e. The van der Waals surface area contributed by atoms with Crippen molar-refractivity contribution in [2.45, 2.75) is 24.7 Å². The fourth-order valence-electron chi connectivity index (χ4n) is 3.38. The van der Waals surface area contributed by atoms with Gasteiger partial charge in [-0.2, -0.15) is 0 Å². The summed E-state index contributed by atoms with van der Waals surface area (Å²) in [6.45, 7) is 1.11. The lowest BCUT2D eigenvalue weighted by Gasteiger charge is -2.16. The molecule has 0 atom stereocenters. The second-order valence-corrected chi connectivity index (χ2v) is 7.32. The molecule has 0 unspecified atom stereocenters. The number of benzene rings is 2. The number of aromatic nitrogens is 1. The van der Waals surface area contributed by atoms with E-state index < -0.39 is 5.41 Å². The van der Waals surface area contributed by atoms with Crippen molar-refractivity contribution in [1.82, 2.24) is 10.3 Å². The van der Waals surface area contributed by atoms with E-state index in [1.807, 2.05) is 54.6 Å². The number of fused-ring (bicyclic) bond motifs is 1. The fourth-order valence-corrected chi connectivity index (χ4v) is 3.57. The van der Waals surface area contributed by atoms with Crippen LogP contribution in [0.3, 0.4) is 0 Å². The summed E-state index contributed by atoms with van der Waals surface area (Å²) < 4.78 is 5.87. The molecule has 1 amide bonds. The molecule has 2 aromatic carbocycles. The average Bonchev–Trinajstić information content (AvgIpc) is 3.50. The van der Waals surface area contributed by atoms with Crippen LogP contribution in [0.2, 0.25) is 5.02 Å². The highest BCUT2D eigenvalue weighted by Crippen LogP contribution is 2.48. The van der Waals surface area contributed by atoms with Gasteiger partial charge in [-0.1, -0.05) is 41.9 Å². The zero-order valence-corrected chi connectivity index (χ0v) is 15.7. The van der Waals surface area contributed by atoms with Gasteiger partial charge in [-0.3, -0.25) is 9.78 Å². The molecule has 5 heteroatoms. The lowest BCUT2D eigenvalue weighted by molar-refractivity contribution is -0.123. The number of nitrogens with one attached hydrogen (secondary N) is 1. The first-order chi connectivity index (χ1) is 13.2. The first-order valence-corrected chi connectivity index (χ1v) is 9.58. The van der Waals surface area contributed by atoms with Crippen molar-refractivity contribution >= 4 is 28.4 Å². The van der Waals surface area contributed by atoms with Crippen LogP contribution in [-0.4, -0.2) is 24.0 Å². The van der Waals surface area contributed by atoms with Gasteiger partial charge in [-0.15, -0.1) is 0 Å². The summed E-state index contributed by atoms with van der Waals surface area (Å²) >= 11 is 6.08. The zero-order valence-electron chi connectivity index (χ0n) is 15.0. The van der Waals surface area contributed by atoms with Crippen molar-refractivity contribution in [2.75, 3.05) is 13.2 Å². The van der Waals surface area contributed by atoms with Gasteiger partial charge in [-0.05, 0) is 49.1 Å². The molecule has 0 spiro atoms. The summed E-state index contributed by atoms with van der Waals surface area (Å²) in [4.78, 5) is 17.0. The van der Waals surface area contributed by atoms with E-state index in [-0.39, 0.29) is 5.91 Å². The molecule has 1 N–H and O–H groups in total. The van der Waals surface area contributed by atoms with Crippen molar-refractivity contribution < 1.29 is 9.53 Å². The van der Waals surface area contributed by atoms with Gasteiger partial charge in [0.1, 0.15) is 11.3 Å². The number of amides is 1. The van der Waals surface area contributed by atoms with Gasteiger partial charge in [0.2, 0.25) is 5.91 Å². The number of pyridine rings is 1. The van der Waals surface area contributed by atoms with Gasteiger partial charge in [0.05, 0.1) is 12.0 Å². The van der Waals surface area contributed by atoms with E-state index in [0.29, 0.717) is 18.2 Å². The highest BCUT2D eigenvalue weighted by Gasteiger charge is 2.51. The van der Waals surface area contributed by atoms with Crippen LogP contribution in [0.4, 0.5) is 0 Å². The Balaban J connectivity index is 1.28. The average molecular weight is 381 g/mol. The molecular formula is C22H21ClN2O2. The number of para-hydroxylation sites is 1. The predicted octanol–water partition coefficient (Wildman–Crippen LogP) is 4.51. The lowest BCUT2D eigenvalue weighted by atomic mass is 9.95. The Hall–Kier alpha value is -2.59. The Bertz CT molecular complexity index is 964. The summed E-state index contributed by atoms with van der Waals surface area (Å²) in [5.41, 5.74) is 1.47. The van der Waals surface area contributed by atoms with Crippen molar-refractivity contribution in [3.8, 4) is 5.75 Å². The Labute approximate surface area is 163 Å². The Morgan fingerprint density at radius 1 is 1.15 bits per heavy atom. The molecule has 1 heterocycles. The maximum Gasteiger partial charge on any atom is 0.230 e. The third-order valence-electron chi connectivity index (χ3n) is 5.02. The number of rotatable bonds is 7. The van der Waals surface area contributed by atoms with Gasteiger partial charge in [0, 0.05) is 23.2 Å². The number of halogens is 1. The van der Waals surface area contributed by atoms with Crippen LogP contribution in [0, 0.1) is 0 Å². The fraction of sp³-hybridized carbons (Fsp3) is 0.273. The minimum Gasteiger partial charge on any atom is -0.491 e. The van der Waals surface area contributed by atoms with Crippen LogP contribution >= 0.6 is 11.6 Å². The molecule has 1 aliphatic carbocycles. The molecule has 1 saturated carbocycles. The van der Waals surface area contributed by atoms with Crippen LogP contribution < -0.4 is 10.1 Å². The number of carbonyl (C=O) groups is 1. The van der Waals surface area contributed by atoms with Gasteiger partial charge >= 0.3 is 0 Å². The number of ether oxygens (including phenoxy) is 1. The van der Waals surface area contributed by atoms with Gasteiger partial charge < -0.3 is 10.1 Å². The van der Waals surface area contributed by atoms with Gasteiger partial charge in [0.25, 0.3) is 0 Å². The van der Waals surface area contributed by atoms with Crippen LogP contribution in [0.5, 0.6) is 5.75 Å². The monoisotopic (exact) mass is 380 g/mol. The van der Waals surface area contributed by atoms with E-state index >= 15 is 0 Å². The molecule has 4 nitrogen and oxygen atoms in total. The van der Waals surface area contributed by atoms with Crippen LogP contribution in [0.15, 0.2) is 60.8 Å². The molecule has 0 radical (unpaired) electrons. The van der Waals surface area contributed by atoms with E-state index in [1.165, 1.54) is 0 Å². The Kier molecular flexibility index (Phi) is 4.99. The minimum absolute atomic E-state index is 0.0802. The number of carbonyl (C=O) groups excluding carboxylic acids is 1. The topological polar surface area (TPSA) is 51.2 Å².